The quantitative estimate of drug-likeness (QED) is 0.527. The second kappa shape index (κ2) is 10.7. The van der Waals surface area contributed by atoms with Crippen LogP contribution in [-0.4, -0.2) is 98.6 Å². The molecule has 26 heavy (non-hydrogen) atoms. The van der Waals surface area contributed by atoms with Crippen molar-refractivity contribution in [1.29, 1.82) is 0 Å². The maximum atomic E-state index is 12.1. The first kappa shape index (κ1) is 21.0. The molecular formula is C19H38N6O. The van der Waals surface area contributed by atoms with Crippen molar-refractivity contribution in [2.75, 3.05) is 66.0 Å². The zero-order valence-corrected chi connectivity index (χ0v) is 17.1. The molecule has 2 aliphatic heterocycles. The van der Waals surface area contributed by atoms with Crippen molar-refractivity contribution in [2.24, 2.45) is 10.9 Å². The zero-order chi connectivity index (χ0) is 18.9. The van der Waals surface area contributed by atoms with Crippen molar-refractivity contribution >= 4 is 11.9 Å². The molecule has 0 spiro atoms. The van der Waals surface area contributed by atoms with Crippen molar-refractivity contribution in [3.05, 3.63) is 0 Å². The van der Waals surface area contributed by atoms with Gasteiger partial charge in [0.25, 0.3) is 0 Å². The fourth-order valence-electron chi connectivity index (χ4n) is 3.58. The number of amides is 1. The SMILES string of the molecule is CCNC(=NCCN1CCCN(C)CC1)NC1CCN(C(=O)C(C)C)C1. The van der Waals surface area contributed by atoms with Gasteiger partial charge in [-0.05, 0) is 39.9 Å². The van der Waals surface area contributed by atoms with Gasteiger partial charge in [0.15, 0.2) is 5.96 Å². The number of hydrogen-bond donors (Lipinski definition) is 2. The Bertz CT molecular complexity index is 467. The van der Waals surface area contributed by atoms with Crippen molar-refractivity contribution in [3.63, 3.8) is 0 Å². The molecule has 1 unspecified atom stereocenters. The second-order valence-electron chi connectivity index (χ2n) is 7.83. The molecule has 2 aliphatic rings. The third-order valence-electron chi connectivity index (χ3n) is 5.18. The van der Waals surface area contributed by atoms with Crippen molar-refractivity contribution < 1.29 is 4.79 Å². The molecule has 2 N–H and O–H groups in total. The molecule has 150 valence electrons. The fourth-order valence-corrected chi connectivity index (χ4v) is 3.58. The van der Waals surface area contributed by atoms with Gasteiger partial charge < -0.3 is 25.3 Å². The van der Waals surface area contributed by atoms with Gasteiger partial charge in [-0.1, -0.05) is 13.8 Å². The summed E-state index contributed by atoms with van der Waals surface area (Å²) in [7, 11) is 2.20. The molecule has 7 nitrogen and oxygen atoms in total. The fraction of sp³-hybridized carbons (Fsp3) is 0.895. The van der Waals surface area contributed by atoms with Crippen LogP contribution in [0.25, 0.3) is 0 Å². The summed E-state index contributed by atoms with van der Waals surface area (Å²) in [4.78, 5) is 23.8. The molecule has 0 aliphatic carbocycles. The molecule has 2 heterocycles. The molecule has 0 aromatic carbocycles. The molecule has 7 heteroatoms. The topological polar surface area (TPSA) is 63.2 Å². The van der Waals surface area contributed by atoms with E-state index in [-0.39, 0.29) is 11.8 Å². The monoisotopic (exact) mass is 366 g/mol. The van der Waals surface area contributed by atoms with E-state index in [1.54, 1.807) is 0 Å². The number of guanidine groups is 1. The van der Waals surface area contributed by atoms with Crippen molar-refractivity contribution in [2.45, 2.75) is 39.7 Å². The van der Waals surface area contributed by atoms with Crippen LogP contribution in [0.5, 0.6) is 0 Å². The molecule has 2 rings (SSSR count). The third kappa shape index (κ3) is 6.76. The van der Waals surface area contributed by atoms with Crippen LogP contribution in [0.1, 0.15) is 33.6 Å². The number of aliphatic imine (C=N–C) groups is 1. The lowest BCUT2D eigenvalue weighted by Crippen LogP contribution is -2.45. The van der Waals surface area contributed by atoms with Gasteiger partial charge in [0.1, 0.15) is 0 Å². The number of hydrogen-bond acceptors (Lipinski definition) is 4. The van der Waals surface area contributed by atoms with Crippen LogP contribution in [-0.2, 0) is 4.79 Å². The highest BCUT2D eigenvalue weighted by Crippen LogP contribution is 2.12. The molecule has 2 fully saturated rings. The van der Waals surface area contributed by atoms with Gasteiger partial charge in [0.05, 0.1) is 6.54 Å². The average molecular weight is 367 g/mol. The van der Waals surface area contributed by atoms with E-state index >= 15 is 0 Å². The lowest BCUT2D eigenvalue weighted by atomic mass is 10.2. The van der Waals surface area contributed by atoms with Gasteiger partial charge in [0.2, 0.25) is 5.91 Å². The first-order chi connectivity index (χ1) is 12.5. The summed E-state index contributed by atoms with van der Waals surface area (Å²) in [6.07, 6.45) is 2.22. The number of carbonyl (C=O) groups excluding carboxylic acids is 1. The van der Waals surface area contributed by atoms with Gasteiger partial charge in [-0.15, -0.1) is 0 Å². The number of likely N-dealkylation sites (N-methyl/N-ethyl adjacent to an activating group) is 1. The van der Waals surface area contributed by atoms with E-state index < -0.39 is 0 Å². The van der Waals surface area contributed by atoms with Crippen LogP contribution in [0.3, 0.4) is 0 Å². The van der Waals surface area contributed by atoms with Gasteiger partial charge in [-0.25, -0.2) is 0 Å². The lowest BCUT2D eigenvalue weighted by molar-refractivity contribution is -0.133. The molecule has 0 saturated carbocycles. The van der Waals surface area contributed by atoms with E-state index in [0.29, 0.717) is 6.04 Å². The second-order valence-corrected chi connectivity index (χ2v) is 7.83. The molecular weight excluding hydrogens is 328 g/mol. The maximum Gasteiger partial charge on any atom is 0.225 e. The summed E-state index contributed by atoms with van der Waals surface area (Å²) in [6, 6.07) is 0.294. The van der Waals surface area contributed by atoms with Gasteiger partial charge >= 0.3 is 0 Å². The highest BCUT2D eigenvalue weighted by Gasteiger charge is 2.27. The molecule has 1 amide bonds. The van der Waals surface area contributed by atoms with Crippen LogP contribution in [0, 0.1) is 5.92 Å². The highest BCUT2D eigenvalue weighted by molar-refractivity contribution is 5.81. The van der Waals surface area contributed by atoms with Crippen LogP contribution in [0.2, 0.25) is 0 Å². The van der Waals surface area contributed by atoms with Gasteiger partial charge in [0, 0.05) is 51.2 Å². The third-order valence-corrected chi connectivity index (χ3v) is 5.18. The Hall–Kier alpha value is -1.34. The Balaban J connectivity index is 1.78. The summed E-state index contributed by atoms with van der Waals surface area (Å²) in [6.45, 7) is 14.9. The number of likely N-dealkylation sites (tertiary alicyclic amines) is 1. The van der Waals surface area contributed by atoms with Crippen molar-refractivity contribution in [1.82, 2.24) is 25.3 Å². The Labute approximate surface area is 159 Å². The summed E-state index contributed by atoms with van der Waals surface area (Å²) in [5.74, 6) is 1.20. The standard InChI is InChI=1S/C19H38N6O/c1-5-20-19(21-8-12-24-10-6-9-23(4)13-14-24)22-17-7-11-25(15-17)18(26)16(2)3/h16-17H,5-15H2,1-4H3,(H2,20,21,22). The predicted molar refractivity (Wildman–Crippen MR) is 107 cm³/mol. The zero-order valence-electron chi connectivity index (χ0n) is 17.1. The summed E-state index contributed by atoms with van der Waals surface area (Å²) >= 11 is 0. The molecule has 0 aromatic rings. The van der Waals surface area contributed by atoms with E-state index in [4.69, 9.17) is 4.99 Å². The summed E-state index contributed by atoms with van der Waals surface area (Å²) < 4.78 is 0. The first-order valence-electron chi connectivity index (χ1n) is 10.2. The first-order valence-corrected chi connectivity index (χ1v) is 10.2. The largest absolute Gasteiger partial charge is 0.357 e. The Kier molecular flexibility index (Phi) is 8.65. The number of nitrogens with one attached hydrogen (secondary N) is 2. The predicted octanol–water partition coefficient (Wildman–Crippen LogP) is 0.436. The van der Waals surface area contributed by atoms with Gasteiger partial charge in [-0.2, -0.15) is 0 Å². The molecule has 0 bridgehead atoms. The minimum Gasteiger partial charge on any atom is -0.357 e. The van der Waals surface area contributed by atoms with Crippen LogP contribution in [0.4, 0.5) is 0 Å². The Morgan fingerprint density at radius 1 is 1.19 bits per heavy atom. The van der Waals surface area contributed by atoms with E-state index in [1.165, 1.54) is 19.5 Å². The van der Waals surface area contributed by atoms with Crippen LogP contribution in [0.15, 0.2) is 4.99 Å². The smallest absolute Gasteiger partial charge is 0.225 e. The average Bonchev–Trinajstić information content (AvgIpc) is 2.96. The Morgan fingerprint density at radius 2 is 2.00 bits per heavy atom. The van der Waals surface area contributed by atoms with E-state index in [0.717, 1.165) is 58.2 Å². The Morgan fingerprint density at radius 3 is 2.73 bits per heavy atom. The van der Waals surface area contributed by atoms with Crippen molar-refractivity contribution in [3.8, 4) is 0 Å². The lowest BCUT2D eigenvalue weighted by Gasteiger charge is -2.21. The molecule has 2 saturated heterocycles. The highest BCUT2D eigenvalue weighted by atomic mass is 16.2. The van der Waals surface area contributed by atoms with E-state index in [9.17, 15) is 4.79 Å². The van der Waals surface area contributed by atoms with Crippen LogP contribution >= 0.6 is 0 Å². The summed E-state index contributed by atoms with van der Waals surface area (Å²) in [5, 5.41) is 6.86. The normalized spacial score (nSPS) is 23.3. The van der Waals surface area contributed by atoms with Crippen LogP contribution < -0.4 is 10.6 Å². The van der Waals surface area contributed by atoms with E-state index in [2.05, 4.69) is 34.4 Å². The number of carbonyl (C=O) groups is 1. The molecule has 0 radical (unpaired) electrons. The molecule has 0 aromatic heterocycles. The summed E-state index contributed by atoms with van der Waals surface area (Å²) in [5.41, 5.74) is 0. The minimum atomic E-state index is 0.0725. The number of nitrogens with zero attached hydrogens (tertiary/aromatic N) is 4. The molecule has 1 atom stereocenters. The maximum absolute atomic E-state index is 12.1. The van der Waals surface area contributed by atoms with Gasteiger partial charge in [-0.3, -0.25) is 9.79 Å². The number of rotatable bonds is 6. The van der Waals surface area contributed by atoms with E-state index in [1.807, 2.05) is 18.7 Å². The minimum absolute atomic E-state index is 0.0725.